The van der Waals surface area contributed by atoms with Crippen molar-refractivity contribution in [3.63, 3.8) is 0 Å². The zero-order valence-electron chi connectivity index (χ0n) is 10.7. The van der Waals surface area contributed by atoms with E-state index in [1.165, 1.54) is 6.07 Å². The predicted octanol–water partition coefficient (Wildman–Crippen LogP) is 2.79. The lowest BCUT2D eigenvalue weighted by atomic mass is 10.2. The van der Waals surface area contributed by atoms with Gasteiger partial charge in [-0.2, -0.15) is 0 Å². The molecule has 3 N–H and O–H groups in total. The minimum Gasteiger partial charge on any atom is -0.507 e. The second-order valence-electron chi connectivity index (χ2n) is 4.22. The summed E-state index contributed by atoms with van der Waals surface area (Å²) < 4.78 is 40.4. The Morgan fingerprint density at radius 3 is 2.45 bits per heavy atom. The summed E-state index contributed by atoms with van der Waals surface area (Å²) in [4.78, 5) is 10.3. The van der Waals surface area contributed by atoms with Gasteiger partial charge in [-0.3, -0.25) is 4.72 Å². The van der Waals surface area contributed by atoms with Gasteiger partial charge in [0.05, 0.1) is 0 Å². The van der Waals surface area contributed by atoms with Crippen LogP contribution in [0.4, 0.5) is 10.1 Å². The van der Waals surface area contributed by atoms with Crippen molar-refractivity contribution < 1.29 is 27.8 Å². The number of aromatic carboxylic acids is 1. The second-order valence-corrected chi connectivity index (χ2v) is 6.78. The Labute approximate surface area is 133 Å². The van der Waals surface area contributed by atoms with Crippen LogP contribution in [-0.4, -0.2) is 24.6 Å². The Kier molecular flexibility index (Phi) is 4.38. The minimum atomic E-state index is -4.24. The number of anilines is 1. The summed E-state index contributed by atoms with van der Waals surface area (Å²) >= 11 is 3.02. The topological polar surface area (TPSA) is 104 Å². The van der Waals surface area contributed by atoms with Gasteiger partial charge in [-0.25, -0.2) is 17.6 Å². The highest BCUT2D eigenvalue weighted by molar-refractivity contribution is 9.10. The molecular formula is C13H9BrFNO5S. The van der Waals surface area contributed by atoms with Crippen LogP contribution >= 0.6 is 15.9 Å². The Morgan fingerprint density at radius 2 is 1.86 bits per heavy atom. The third kappa shape index (κ3) is 3.37. The van der Waals surface area contributed by atoms with Crippen molar-refractivity contribution in [2.45, 2.75) is 4.90 Å². The van der Waals surface area contributed by atoms with E-state index in [4.69, 9.17) is 5.11 Å². The molecule has 0 unspecified atom stereocenters. The maximum absolute atomic E-state index is 13.7. The molecule has 0 radical (unpaired) electrons. The number of nitrogens with one attached hydrogen (secondary N) is 1. The average molecular weight is 390 g/mol. The van der Waals surface area contributed by atoms with Gasteiger partial charge in [0, 0.05) is 10.2 Å². The molecule has 0 amide bonds. The summed E-state index contributed by atoms with van der Waals surface area (Å²) in [6.07, 6.45) is 0. The van der Waals surface area contributed by atoms with Gasteiger partial charge < -0.3 is 10.2 Å². The quantitative estimate of drug-likeness (QED) is 0.697. The third-order valence-corrected chi connectivity index (χ3v) is 4.57. The van der Waals surface area contributed by atoms with E-state index in [1.54, 1.807) is 0 Å². The molecule has 0 aliphatic rings. The molecule has 0 aliphatic heterocycles. The molecule has 9 heteroatoms. The first kappa shape index (κ1) is 16.2. The van der Waals surface area contributed by atoms with Crippen molar-refractivity contribution in [2.75, 3.05) is 4.72 Å². The second kappa shape index (κ2) is 5.93. The number of rotatable bonds is 4. The molecule has 6 nitrogen and oxygen atoms in total. The Hall–Kier alpha value is -2.13. The van der Waals surface area contributed by atoms with Gasteiger partial charge in [-0.05, 0) is 36.4 Å². The SMILES string of the molecule is O=C(O)c1cc(NS(=O)(=O)c2ccc(Br)cc2F)ccc1O. The average Bonchev–Trinajstić information content (AvgIpc) is 2.39. The molecule has 0 atom stereocenters. The summed E-state index contributed by atoms with van der Waals surface area (Å²) in [6.45, 7) is 0. The fourth-order valence-corrected chi connectivity index (χ4v) is 3.12. The first-order valence-electron chi connectivity index (χ1n) is 5.75. The van der Waals surface area contributed by atoms with Crippen LogP contribution in [0.2, 0.25) is 0 Å². The van der Waals surface area contributed by atoms with Crippen LogP contribution in [0.15, 0.2) is 45.8 Å². The van der Waals surface area contributed by atoms with Crippen LogP contribution in [0.1, 0.15) is 10.4 Å². The Morgan fingerprint density at radius 1 is 1.18 bits per heavy atom. The van der Waals surface area contributed by atoms with E-state index in [2.05, 4.69) is 20.7 Å². The number of hydrogen-bond acceptors (Lipinski definition) is 4. The highest BCUT2D eigenvalue weighted by Crippen LogP contribution is 2.25. The molecule has 116 valence electrons. The molecule has 2 rings (SSSR count). The standard InChI is InChI=1S/C13H9BrFNO5S/c14-7-1-4-12(10(15)5-7)22(20,21)16-8-2-3-11(17)9(6-8)13(18)19/h1-6,16-17H,(H,18,19). The van der Waals surface area contributed by atoms with Gasteiger partial charge in [0.25, 0.3) is 10.0 Å². The number of phenols is 1. The molecule has 0 aromatic heterocycles. The summed E-state index contributed by atoms with van der Waals surface area (Å²) in [6, 6.07) is 6.55. The molecule has 2 aromatic rings. The van der Waals surface area contributed by atoms with Crippen molar-refractivity contribution in [2.24, 2.45) is 0 Å². The maximum atomic E-state index is 13.7. The van der Waals surface area contributed by atoms with Gasteiger partial charge >= 0.3 is 5.97 Å². The van der Waals surface area contributed by atoms with E-state index in [-0.39, 0.29) is 5.69 Å². The highest BCUT2D eigenvalue weighted by Gasteiger charge is 2.20. The third-order valence-electron chi connectivity index (χ3n) is 2.66. The van der Waals surface area contributed by atoms with E-state index in [1.807, 2.05) is 0 Å². The number of carboxylic acid groups (broad SMARTS) is 1. The molecule has 0 spiro atoms. The Bertz CT molecular complexity index is 854. The number of halogens is 2. The molecule has 2 aromatic carbocycles. The van der Waals surface area contributed by atoms with E-state index < -0.39 is 38.0 Å². The van der Waals surface area contributed by atoms with Crippen LogP contribution in [0, 0.1) is 5.82 Å². The van der Waals surface area contributed by atoms with Gasteiger partial charge in [0.15, 0.2) is 0 Å². The normalized spacial score (nSPS) is 11.2. The van der Waals surface area contributed by atoms with Crippen LogP contribution in [0.5, 0.6) is 5.75 Å². The van der Waals surface area contributed by atoms with Crippen molar-refractivity contribution in [1.29, 1.82) is 0 Å². The lowest BCUT2D eigenvalue weighted by Crippen LogP contribution is -2.15. The number of hydrogen-bond donors (Lipinski definition) is 3. The van der Waals surface area contributed by atoms with E-state index in [9.17, 15) is 22.7 Å². The fourth-order valence-electron chi connectivity index (χ4n) is 1.67. The molecule has 0 bridgehead atoms. The lowest BCUT2D eigenvalue weighted by molar-refractivity contribution is 0.0693. The van der Waals surface area contributed by atoms with E-state index >= 15 is 0 Å². The van der Waals surface area contributed by atoms with Gasteiger partial charge in [0.1, 0.15) is 22.0 Å². The zero-order valence-corrected chi connectivity index (χ0v) is 13.1. The summed E-state index contributed by atoms with van der Waals surface area (Å²) in [5.41, 5.74) is -0.589. The first-order chi connectivity index (χ1) is 10.2. The Balaban J connectivity index is 2.41. The fraction of sp³-hybridized carbons (Fsp3) is 0. The van der Waals surface area contributed by atoms with Crippen LogP contribution < -0.4 is 4.72 Å². The van der Waals surface area contributed by atoms with Crippen molar-refractivity contribution in [3.05, 3.63) is 52.3 Å². The minimum absolute atomic E-state index is 0.113. The molecular weight excluding hydrogens is 381 g/mol. The number of benzene rings is 2. The van der Waals surface area contributed by atoms with Crippen LogP contribution in [0.25, 0.3) is 0 Å². The van der Waals surface area contributed by atoms with E-state index in [0.717, 1.165) is 30.3 Å². The largest absolute Gasteiger partial charge is 0.507 e. The molecule has 0 fully saturated rings. The highest BCUT2D eigenvalue weighted by atomic mass is 79.9. The lowest BCUT2D eigenvalue weighted by Gasteiger charge is -2.10. The molecule has 0 saturated heterocycles. The number of sulfonamides is 1. The smallest absolute Gasteiger partial charge is 0.339 e. The van der Waals surface area contributed by atoms with E-state index in [0.29, 0.717) is 4.47 Å². The van der Waals surface area contributed by atoms with Crippen molar-refractivity contribution in [1.82, 2.24) is 0 Å². The van der Waals surface area contributed by atoms with Gasteiger partial charge in [0.2, 0.25) is 0 Å². The maximum Gasteiger partial charge on any atom is 0.339 e. The molecule has 0 heterocycles. The van der Waals surface area contributed by atoms with Crippen molar-refractivity contribution in [3.8, 4) is 5.75 Å². The van der Waals surface area contributed by atoms with Crippen LogP contribution in [-0.2, 0) is 10.0 Å². The number of carbonyl (C=O) groups is 1. The van der Waals surface area contributed by atoms with Crippen molar-refractivity contribution >= 4 is 37.6 Å². The molecule has 0 saturated carbocycles. The molecule has 0 aliphatic carbocycles. The van der Waals surface area contributed by atoms with Gasteiger partial charge in [-0.15, -0.1) is 0 Å². The zero-order chi connectivity index (χ0) is 16.5. The molecule has 22 heavy (non-hydrogen) atoms. The predicted molar refractivity (Wildman–Crippen MR) is 80.0 cm³/mol. The first-order valence-corrected chi connectivity index (χ1v) is 8.02. The summed E-state index contributed by atoms with van der Waals surface area (Å²) in [5.74, 6) is -2.89. The monoisotopic (exact) mass is 389 g/mol. The summed E-state index contributed by atoms with van der Waals surface area (Å²) in [5, 5.41) is 18.2. The van der Waals surface area contributed by atoms with Crippen LogP contribution in [0.3, 0.4) is 0 Å². The summed E-state index contributed by atoms with van der Waals surface area (Å²) in [7, 11) is -4.24. The number of carboxylic acids is 1. The number of aromatic hydroxyl groups is 1. The van der Waals surface area contributed by atoms with Gasteiger partial charge in [-0.1, -0.05) is 15.9 Å².